The summed E-state index contributed by atoms with van der Waals surface area (Å²) < 4.78 is 33.0. The van der Waals surface area contributed by atoms with E-state index >= 15 is 0 Å². The predicted molar refractivity (Wildman–Crippen MR) is 102 cm³/mol. The fraction of sp³-hybridized carbons (Fsp3) is 0.235. The molecule has 0 aliphatic carbocycles. The molecule has 0 atom stereocenters. The summed E-state index contributed by atoms with van der Waals surface area (Å²) in [6.07, 6.45) is 1.82. The minimum absolute atomic E-state index is 0.116. The molecule has 8 heteroatoms. The number of aryl methyl sites for hydroxylation is 1. The Morgan fingerprint density at radius 3 is 2.36 bits per heavy atom. The Balaban J connectivity index is 2.26. The van der Waals surface area contributed by atoms with Gasteiger partial charge in [-0.25, -0.2) is 8.42 Å². The van der Waals surface area contributed by atoms with Crippen LogP contribution in [0.25, 0.3) is 0 Å². The van der Waals surface area contributed by atoms with Gasteiger partial charge in [-0.1, -0.05) is 6.07 Å². The first-order valence-electron chi connectivity index (χ1n) is 7.42. The molecular weight excluding hydrogens is 360 g/mol. The lowest BCUT2D eigenvalue weighted by Crippen LogP contribution is -2.17. The fourth-order valence-corrected chi connectivity index (χ4v) is 3.83. The van der Waals surface area contributed by atoms with Crippen LogP contribution in [0.15, 0.2) is 47.4 Å². The molecule has 25 heavy (non-hydrogen) atoms. The Morgan fingerprint density at radius 2 is 1.76 bits per heavy atom. The summed E-state index contributed by atoms with van der Waals surface area (Å²) in [4.78, 5) is 11.8. The molecule has 6 nitrogen and oxygen atoms in total. The van der Waals surface area contributed by atoms with Crippen LogP contribution in [-0.4, -0.2) is 33.4 Å². The number of amides is 1. The van der Waals surface area contributed by atoms with Gasteiger partial charge in [-0.05, 0) is 55.1 Å². The lowest BCUT2D eigenvalue weighted by molar-refractivity contribution is -0.113. The molecule has 0 spiro atoms. The van der Waals surface area contributed by atoms with Crippen molar-refractivity contribution in [2.24, 2.45) is 0 Å². The van der Waals surface area contributed by atoms with Crippen LogP contribution in [-0.2, 0) is 14.8 Å². The highest BCUT2D eigenvalue weighted by molar-refractivity contribution is 7.99. The van der Waals surface area contributed by atoms with E-state index in [1.165, 1.54) is 17.8 Å². The maximum atomic E-state index is 12.7. The summed E-state index contributed by atoms with van der Waals surface area (Å²) in [5.41, 5.74) is 1.46. The number of hydrogen-bond acceptors (Lipinski definition) is 5. The third-order valence-corrected chi connectivity index (χ3v) is 5.45. The SMILES string of the molecule is COc1ccc(NS(=O)(=O)c2cc(NC(=O)CSC)ccc2C)cc1. The number of ether oxygens (including phenoxy) is 1. The molecule has 0 unspecified atom stereocenters. The van der Waals surface area contributed by atoms with Gasteiger partial charge in [-0.15, -0.1) is 0 Å². The average Bonchev–Trinajstić information content (AvgIpc) is 2.57. The van der Waals surface area contributed by atoms with Gasteiger partial charge in [0.15, 0.2) is 0 Å². The Bertz CT molecular complexity index is 849. The average molecular weight is 380 g/mol. The van der Waals surface area contributed by atoms with Crippen LogP contribution in [0, 0.1) is 6.92 Å². The number of carbonyl (C=O) groups is 1. The first-order valence-corrected chi connectivity index (χ1v) is 10.3. The monoisotopic (exact) mass is 380 g/mol. The quantitative estimate of drug-likeness (QED) is 0.771. The molecule has 134 valence electrons. The lowest BCUT2D eigenvalue weighted by atomic mass is 10.2. The molecule has 0 aromatic heterocycles. The topological polar surface area (TPSA) is 84.5 Å². The largest absolute Gasteiger partial charge is 0.497 e. The van der Waals surface area contributed by atoms with Crippen LogP contribution in [0.4, 0.5) is 11.4 Å². The van der Waals surface area contributed by atoms with Crippen molar-refractivity contribution >= 4 is 39.1 Å². The third kappa shape index (κ3) is 5.14. The first-order chi connectivity index (χ1) is 11.9. The Labute approximate surface area is 152 Å². The van der Waals surface area contributed by atoms with Crippen LogP contribution >= 0.6 is 11.8 Å². The molecule has 0 saturated heterocycles. The highest BCUT2D eigenvalue weighted by Crippen LogP contribution is 2.24. The smallest absolute Gasteiger partial charge is 0.262 e. The van der Waals surface area contributed by atoms with E-state index in [-0.39, 0.29) is 10.8 Å². The zero-order valence-corrected chi connectivity index (χ0v) is 15.8. The minimum atomic E-state index is -3.78. The zero-order valence-electron chi connectivity index (χ0n) is 14.2. The number of sulfonamides is 1. The van der Waals surface area contributed by atoms with Gasteiger partial charge in [0.25, 0.3) is 10.0 Å². The molecule has 0 aliphatic heterocycles. The highest BCUT2D eigenvalue weighted by atomic mass is 32.2. The second-order valence-electron chi connectivity index (χ2n) is 5.30. The van der Waals surface area contributed by atoms with Crippen molar-refractivity contribution in [1.82, 2.24) is 0 Å². The van der Waals surface area contributed by atoms with Crippen molar-refractivity contribution in [3.63, 3.8) is 0 Å². The Morgan fingerprint density at radius 1 is 1.12 bits per heavy atom. The van der Waals surface area contributed by atoms with E-state index in [0.29, 0.717) is 28.4 Å². The van der Waals surface area contributed by atoms with Crippen molar-refractivity contribution < 1.29 is 17.9 Å². The summed E-state index contributed by atoms with van der Waals surface area (Å²) in [6.45, 7) is 1.70. The number of nitrogens with one attached hydrogen (secondary N) is 2. The second-order valence-corrected chi connectivity index (χ2v) is 7.81. The number of methoxy groups -OCH3 is 1. The normalized spacial score (nSPS) is 11.0. The maximum absolute atomic E-state index is 12.7. The number of anilines is 2. The lowest BCUT2D eigenvalue weighted by Gasteiger charge is -2.13. The second kappa shape index (κ2) is 8.26. The van der Waals surface area contributed by atoms with E-state index in [4.69, 9.17) is 4.74 Å². The van der Waals surface area contributed by atoms with Gasteiger partial charge < -0.3 is 10.1 Å². The Kier molecular flexibility index (Phi) is 6.33. The molecule has 2 N–H and O–H groups in total. The summed E-state index contributed by atoms with van der Waals surface area (Å²) in [5.74, 6) is 0.764. The molecule has 1 amide bonds. The predicted octanol–water partition coefficient (Wildman–Crippen LogP) is 3.11. The maximum Gasteiger partial charge on any atom is 0.262 e. The van der Waals surface area contributed by atoms with Crippen molar-refractivity contribution in [3.8, 4) is 5.75 Å². The van der Waals surface area contributed by atoms with Crippen molar-refractivity contribution in [1.29, 1.82) is 0 Å². The molecule has 0 saturated carbocycles. The van der Waals surface area contributed by atoms with Gasteiger partial charge in [-0.3, -0.25) is 9.52 Å². The van der Waals surface area contributed by atoms with E-state index in [0.717, 1.165) is 0 Å². The number of thioether (sulfide) groups is 1. The molecular formula is C17H20N2O4S2. The third-order valence-electron chi connectivity index (χ3n) is 3.38. The van der Waals surface area contributed by atoms with Crippen molar-refractivity contribution in [2.75, 3.05) is 29.2 Å². The van der Waals surface area contributed by atoms with Crippen molar-refractivity contribution in [3.05, 3.63) is 48.0 Å². The van der Waals surface area contributed by atoms with E-state index < -0.39 is 10.0 Å². The number of rotatable bonds is 7. The van der Waals surface area contributed by atoms with Crippen LogP contribution in [0.3, 0.4) is 0 Å². The van der Waals surface area contributed by atoms with Gasteiger partial charge in [0.1, 0.15) is 5.75 Å². The number of carbonyl (C=O) groups excluding carboxylic acids is 1. The molecule has 0 fully saturated rings. The summed E-state index contributed by atoms with van der Waals surface area (Å²) in [6, 6.07) is 11.4. The van der Waals surface area contributed by atoms with E-state index in [9.17, 15) is 13.2 Å². The molecule has 0 bridgehead atoms. The summed E-state index contributed by atoms with van der Waals surface area (Å²) >= 11 is 1.39. The van der Waals surface area contributed by atoms with Gasteiger partial charge in [-0.2, -0.15) is 11.8 Å². The standard InChI is InChI=1S/C17H20N2O4S2/c1-12-4-5-14(18-17(20)11-24-3)10-16(12)25(21,22)19-13-6-8-15(23-2)9-7-13/h4-10,19H,11H2,1-3H3,(H,18,20). The first kappa shape index (κ1) is 19.1. The van der Waals surface area contributed by atoms with E-state index in [2.05, 4.69) is 10.0 Å². The van der Waals surface area contributed by atoms with Gasteiger partial charge in [0.05, 0.1) is 17.8 Å². The molecule has 2 aromatic carbocycles. The molecule has 0 heterocycles. The van der Waals surface area contributed by atoms with Gasteiger partial charge >= 0.3 is 0 Å². The van der Waals surface area contributed by atoms with Crippen molar-refractivity contribution in [2.45, 2.75) is 11.8 Å². The summed E-state index contributed by atoms with van der Waals surface area (Å²) in [5, 5.41) is 2.69. The molecule has 2 aromatic rings. The highest BCUT2D eigenvalue weighted by Gasteiger charge is 2.18. The summed E-state index contributed by atoms with van der Waals surface area (Å²) in [7, 11) is -2.24. The molecule has 0 aliphatic rings. The van der Waals surface area contributed by atoms with Crippen LogP contribution < -0.4 is 14.8 Å². The van der Waals surface area contributed by atoms with Gasteiger partial charge in [0, 0.05) is 11.4 Å². The van der Waals surface area contributed by atoms with Gasteiger partial charge in [0.2, 0.25) is 5.91 Å². The van der Waals surface area contributed by atoms with Crippen LogP contribution in [0.1, 0.15) is 5.56 Å². The van der Waals surface area contributed by atoms with E-state index in [1.807, 2.05) is 6.26 Å². The molecule has 2 rings (SSSR count). The van der Waals surface area contributed by atoms with Crippen LogP contribution in [0.5, 0.6) is 5.75 Å². The van der Waals surface area contributed by atoms with Crippen LogP contribution in [0.2, 0.25) is 0 Å². The van der Waals surface area contributed by atoms with E-state index in [1.54, 1.807) is 50.4 Å². The zero-order chi connectivity index (χ0) is 18.4. The molecule has 0 radical (unpaired) electrons. The minimum Gasteiger partial charge on any atom is -0.497 e. The fourth-order valence-electron chi connectivity index (χ4n) is 2.16. The number of hydrogen-bond donors (Lipinski definition) is 2. The number of benzene rings is 2. The Hall–Kier alpha value is -2.19.